The highest BCUT2D eigenvalue weighted by atomic mass is 16.5. The van der Waals surface area contributed by atoms with Gasteiger partial charge >= 0.3 is 0 Å². The van der Waals surface area contributed by atoms with Gasteiger partial charge in [0.05, 0.1) is 18.5 Å². The van der Waals surface area contributed by atoms with Crippen molar-refractivity contribution in [3.05, 3.63) is 18.0 Å². The molecule has 0 radical (unpaired) electrons. The van der Waals surface area contributed by atoms with Crippen LogP contribution in [0.25, 0.3) is 0 Å². The number of hydrogen-bond donors (Lipinski definition) is 1. The highest BCUT2D eigenvalue weighted by Gasteiger charge is 2.18. The Balaban J connectivity index is 1.69. The van der Waals surface area contributed by atoms with Gasteiger partial charge in [0.2, 0.25) is 0 Å². The van der Waals surface area contributed by atoms with Crippen molar-refractivity contribution >= 4 is 0 Å². The smallest absolute Gasteiger partial charge is 0.144 e. The summed E-state index contributed by atoms with van der Waals surface area (Å²) in [5.41, 5.74) is 1.05. The quantitative estimate of drug-likeness (QED) is 0.812. The summed E-state index contributed by atoms with van der Waals surface area (Å²) in [7, 11) is 0. The van der Waals surface area contributed by atoms with Gasteiger partial charge in [0.15, 0.2) is 0 Å². The Morgan fingerprint density at radius 3 is 3.12 bits per heavy atom. The van der Waals surface area contributed by atoms with Crippen LogP contribution in [0.5, 0.6) is 11.5 Å². The number of ether oxygens (including phenoxy) is 2. The number of hydrogen-bond acceptors (Lipinski definition) is 4. The van der Waals surface area contributed by atoms with E-state index in [1.807, 2.05) is 12.3 Å². The van der Waals surface area contributed by atoms with E-state index in [0.717, 1.165) is 56.2 Å². The van der Waals surface area contributed by atoms with Crippen LogP contribution in [-0.4, -0.2) is 30.8 Å². The van der Waals surface area contributed by atoms with E-state index in [0.29, 0.717) is 6.10 Å². The Morgan fingerprint density at radius 2 is 2.25 bits per heavy atom. The lowest BCUT2D eigenvalue weighted by molar-refractivity contribution is 0.161. The largest absolute Gasteiger partial charge is 0.491 e. The molecule has 0 aromatic carbocycles. The van der Waals surface area contributed by atoms with E-state index in [9.17, 15) is 0 Å². The third-order valence-corrected chi connectivity index (χ3v) is 3.09. The highest BCUT2D eigenvalue weighted by Crippen LogP contribution is 2.28. The van der Waals surface area contributed by atoms with Crippen LogP contribution in [0.2, 0.25) is 0 Å². The van der Waals surface area contributed by atoms with Crippen molar-refractivity contribution in [3.8, 4) is 11.5 Å². The molecule has 16 heavy (non-hydrogen) atoms. The number of piperidine rings is 1. The van der Waals surface area contributed by atoms with E-state index < -0.39 is 0 Å². The monoisotopic (exact) mass is 220 g/mol. The van der Waals surface area contributed by atoms with Crippen LogP contribution in [0.1, 0.15) is 18.5 Å². The molecule has 0 bridgehead atoms. The Hall–Kier alpha value is -1.29. The first-order valence-corrected chi connectivity index (χ1v) is 5.91. The molecular formula is C12H16N2O2. The third kappa shape index (κ3) is 1.97. The van der Waals surface area contributed by atoms with Gasteiger partial charge in [-0.15, -0.1) is 0 Å². The number of nitrogens with one attached hydrogen (secondary N) is 1. The molecule has 0 spiro atoms. The van der Waals surface area contributed by atoms with Crippen LogP contribution >= 0.6 is 0 Å². The molecule has 1 aromatic heterocycles. The topological polar surface area (TPSA) is 43.4 Å². The number of nitrogens with zero attached hydrogens (tertiary/aromatic N) is 1. The van der Waals surface area contributed by atoms with Crippen LogP contribution in [-0.2, 0) is 6.42 Å². The van der Waals surface area contributed by atoms with E-state index in [-0.39, 0.29) is 0 Å². The molecule has 3 rings (SSSR count). The van der Waals surface area contributed by atoms with Gasteiger partial charge in [-0.3, -0.25) is 4.98 Å². The van der Waals surface area contributed by atoms with Gasteiger partial charge in [-0.1, -0.05) is 0 Å². The van der Waals surface area contributed by atoms with Crippen molar-refractivity contribution in [1.29, 1.82) is 0 Å². The van der Waals surface area contributed by atoms with Gasteiger partial charge in [0, 0.05) is 12.5 Å². The summed E-state index contributed by atoms with van der Waals surface area (Å²) in [6.45, 7) is 2.83. The van der Waals surface area contributed by atoms with E-state index in [2.05, 4.69) is 10.3 Å². The van der Waals surface area contributed by atoms with Gasteiger partial charge in [-0.05, 0) is 25.9 Å². The first-order chi connectivity index (χ1) is 7.92. The van der Waals surface area contributed by atoms with Crippen molar-refractivity contribution in [2.45, 2.75) is 25.4 Å². The zero-order valence-corrected chi connectivity index (χ0v) is 9.24. The Morgan fingerprint density at radius 1 is 1.38 bits per heavy atom. The van der Waals surface area contributed by atoms with Gasteiger partial charge < -0.3 is 14.8 Å². The maximum atomic E-state index is 5.90. The highest BCUT2D eigenvalue weighted by molar-refractivity contribution is 5.37. The van der Waals surface area contributed by atoms with Crippen molar-refractivity contribution in [2.24, 2.45) is 0 Å². The summed E-state index contributed by atoms with van der Waals surface area (Å²) in [5.74, 6) is 1.74. The molecule has 4 heteroatoms. The number of fused-ring (bicyclic) bond motifs is 1. The van der Waals surface area contributed by atoms with Crippen molar-refractivity contribution in [3.63, 3.8) is 0 Å². The molecule has 4 nitrogen and oxygen atoms in total. The molecule has 2 aliphatic rings. The Bertz CT molecular complexity index is 375. The lowest BCUT2D eigenvalue weighted by Crippen LogP contribution is -2.34. The molecule has 0 amide bonds. The lowest BCUT2D eigenvalue weighted by Gasteiger charge is -2.23. The summed E-state index contributed by atoms with van der Waals surface area (Å²) >= 11 is 0. The number of pyridine rings is 1. The second-order valence-electron chi connectivity index (χ2n) is 4.28. The molecule has 1 N–H and O–H groups in total. The second kappa shape index (κ2) is 4.29. The molecule has 0 atom stereocenters. The van der Waals surface area contributed by atoms with Gasteiger partial charge in [-0.25, -0.2) is 0 Å². The van der Waals surface area contributed by atoms with Crippen LogP contribution in [0.3, 0.4) is 0 Å². The van der Waals surface area contributed by atoms with Gasteiger partial charge in [0.1, 0.15) is 17.6 Å². The van der Waals surface area contributed by atoms with Gasteiger partial charge in [-0.2, -0.15) is 0 Å². The molecule has 0 saturated carbocycles. The Labute approximate surface area is 95.0 Å². The normalized spacial score (nSPS) is 20.2. The van der Waals surface area contributed by atoms with Gasteiger partial charge in [0.25, 0.3) is 0 Å². The predicted molar refractivity (Wildman–Crippen MR) is 60.0 cm³/mol. The first-order valence-electron chi connectivity index (χ1n) is 5.91. The molecule has 86 valence electrons. The summed E-state index contributed by atoms with van der Waals surface area (Å²) in [4.78, 5) is 4.36. The van der Waals surface area contributed by atoms with Crippen LogP contribution in [0, 0.1) is 0 Å². The molecule has 1 saturated heterocycles. The maximum absolute atomic E-state index is 5.90. The van der Waals surface area contributed by atoms with Crippen LogP contribution < -0.4 is 14.8 Å². The van der Waals surface area contributed by atoms with E-state index in [1.165, 1.54) is 0 Å². The fourth-order valence-electron chi connectivity index (χ4n) is 2.20. The molecular weight excluding hydrogens is 204 g/mol. The minimum absolute atomic E-state index is 0.322. The van der Waals surface area contributed by atoms with E-state index >= 15 is 0 Å². The molecule has 0 unspecified atom stereocenters. The fraction of sp³-hybridized carbons (Fsp3) is 0.583. The zero-order chi connectivity index (χ0) is 10.8. The van der Waals surface area contributed by atoms with Crippen molar-refractivity contribution < 1.29 is 9.47 Å². The van der Waals surface area contributed by atoms with Crippen LogP contribution in [0.15, 0.2) is 12.3 Å². The summed E-state index contributed by atoms with van der Waals surface area (Å²) < 4.78 is 11.4. The summed E-state index contributed by atoms with van der Waals surface area (Å²) in [6, 6.07) is 1.97. The van der Waals surface area contributed by atoms with E-state index in [1.54, 1.807) is 0 Å². The fourth-order valence-corrected chi connectivity index (χ4v) is 2.20. The predicted octanol–water partition coefficient (Wildman–Crippen LogP) is 1.15. The second-order valence-corrected chi connectivity index (χ2v) is 4.28. The SMILES string of the molecule is c1nc2c(cc1OC1CCNCC1)OCC2. The maximum Gasteiger partial charge on any atom is 0.144 e. The molecule has 3 heterocycles. The van der Waals surface area contributed by atoms with Crippen molar-refractivity contribution in [1.82, 2.24) is 10.3 Å². The minimum atomic E-state index is 0.322. The third-order valence-electron chi connectivity index (χ3n) is 3.09. The number of rotatable bonds is 2. The first kappa shape index (κ1) is 9.90. The lowest BCUT2D eigenvalue weighted by atomic mass is 10.1. The molecule has 1 aromatic rings. The van der Waals surface area contributed by atoms with Crippen LogP contribution in [0.4, 0.5) is 0 Å². The summed E-state index contributed by atoms with van der Waals surface area (Å²) in [6.07, 6.45) is 5.19. The molecule has 1 fully saturated rings. The summed E-state index contributed by atoms with van der Waals surface area (Å²) in [5, 5.41) is 3.32. The van der Waals surface area contributed by atoms with E-state index in [4.69, 9.17) is 9.47 Å². The Kier molecular flexibility index (Phi) is 2.66. The zero-order valence-electron chi connectivity index (χ0n) is 9.24. The standard InChI is InChI=1S/C12H16N2O2/c1-4-13-5-2-9(1)16-10-7-12-11(14-8-10)3-6-15-12/h7-9,13H,1-6H2. The molecule has 0 aliphatic carbocycles. The average Bonchev–Trinajstić information content (AvgIpc) is 2.77. The minimum Gasteiger partial charge on any atom is -0.491 e. The van der Waals surface area contributed by atoms with Crippen molar-refractivity contribution in [2.75, 3.05) is 19.7 Å². The average molecular weight is 220 g/mol. The number of aromatic nitrogens is 1. The molecule has 2 aliphatic heterocycles.